The maximum absolute atomic E-state index is 11.4. The summed E-state index contributed by atoms with van der Waals surface area (Å²) in [4.78, 5) is 22.4. The zero-order valence-electron chi connectivity index (χ0n) is 6.63. The van der Waals surface area contributed by atoms with Gasteiger partial charge in [0.2, 0.25) is 11.6 Å². The number of nitrogens with one attached hydrogen (secondary N) is 1. The molecule has 0 amide bonds. The van der Waals surface area contributed by atoms with Gasteiger partial charge in [0.15, 0.2) is 0 Å². The number of fused-ring (bicyclic) bond motifs is 1. The highest BCUT2D eigenvalue weighted by Crippen LogP contribution is 2.22. The number of hydrogen-bond donors (Lipinski definition) is 1. The molecule has 0 bridgehead atoms. The van der Waals surface area contributed by atoms with E-state index in [0.717, 1.165) is 9.26 Å². The van der Waals surface area contributed by atoms with Gasteiger partial charge in [-0.05, 0) is 40.8 Å². The van der Waals surface area contributed by atoms with E-state index in [2.05, 4.69) is 27.9 Å². The molecule has 1 N–H and O–H groups in total. The predicted octanol–water partition coefficient (Wildman–Crippen LogP) is 1.47. The van der Waals surface area contributed by atoms with Crippen molar-refractivity contribution in [2.75, 3.05) is 11.9 Å². The maximum atomic E-state index is 11.4. The second kappa shape index (κ2) is 3.10. The van der Waals surface area contributed by atoms with Crippen molar-refractivity contribution >= 4 is 39.8 Å². The fourth-order valence-electron chi connectivity index (χ4n) is 1.26. The van der Waals surface area contributed by atoms with Gasteiger partial charge in [-0.3, -0.25) is 9.59 Å². The molecule has 13 heavy (non-hydrogen) atoms. The van der Waals surface area contributed by atoms with Crippen molar-refractivity contribution in [1.29, 1.82) is 0 Å². The van der Waals surface area contributed by atoms with Crippen molar-refractivity contribution in [2.45, 2.75) is 0 Å². The first-order valence-corrected chi connectivity index (χ1v) is 4.87. The van der Waals surface area contributed by atoms with Gasteiger partial charge in [0, 0.05) is 14.8 Å². The van der Waals surface area contributed by atoms with E-state index < -0.39 is 0 Å². The molecule has 1 aromatic rings. The molecule has 0 atom stereocenters. The Bertz CT molecular complexity index is 401. The molecule has 1 heterocycles. The molecule has 1 aliphatic heterocycles. The van der Waals surface area contributed by atoms with Gasteiger partial charge in [0.25, 0.3) is 0 Å². The third-order valence-electron chi connectivity index (χ3n) is 1.92. The van der Waals surface area contributed by atoms with Crippen molar-refractivity contribution in [2.24, 2.45) is 0 Å². The Kier molecular flexibility index (Phi) is 2.07. The van der Waals surface area contributed by atoms with Gasteiger partial charge in [0.05, 0.1) is 6.54 Å². The number of benzene rings is 1. The normalized spacial score (nSPS) is 15.2. The lowest BCUT2D eigenvalue weighted by Crippen LogP contribution is -2.29. The molecule has 0 saturated heterocycles. The molecular formula is C9H6INO2. The number of anilines is 1. The van der Waals surface area contributed by atoms with Crippen molar-refractivity contribution in [3.05, 3.63) is 27.3 Å². The lowest BCUT2D eigenvalue weighted by molar-refractivity contribution is -0.113. The quantitative estimate of drug-likeness (QED) is 0.580. The van der Waals surface area contributed by atoms with Gasteiger partial charge in [-0.1, -0.05) is 0 Å². The van der Waals surface area contributed by atoms with Crippen LogP contribution in [0.2, 0.25) is 0 Å². The van der Waals surface area contributed by atoms with E-state index >= 15 is 0 Å². The van der Waals surface area contributed by atoms with E-state index in [-0.39, 0.29) is 18.1 Å². The third-order valence-corrected chi connectivity index (χ3v) is 2.59. The van der Waals surface area contributed by atoms with Gasteiger partial charge >= 0.3 is 0 Å². The standard InChI is InChI=1S/C9H6INO2/c10-5-1-2-7-6(3-5)9(13)8(12)4-11-7/h1-3,11H,4H2. The zero-order valence-corrected chi connectivity index (χ0v) is 8.79. The van der Waals surface area contributed by atoms with Gasteiger partial charge in [-0.2, -0.15) is 0 Å². The molecule has 0 unspecified atom stereocenters. The van der Waals surface area contributed by atoms with Gasteiger partial charge < -0.3 is 5.32 Å². The molecule has 0 radical (unpaired) electrons. The Hall–Kier alpha value is -0.910. The summed E-state index contributed by atoms with van der Waals surface area (Å²) in [5.74, 6) is -0.748. The maximum Gasteiger partial charge on any atom is 0.232 e. The van der Waals surface area contributed by atoms with Crippen LogP contribution < -0.4 is 5.32 Å². The molecule has 66 valence electrons. The van der Waals surface area contributed by atoms with Crippen molar-refractivity contribution in [1.82, 2.24) is 0 Å². The average molecular weight is 287 g/mol. The lowest BCUT2D eigenvalue weighted by atomic mass is 10.0. The molecule has 0 saturated carbocycles. The number of carbonyl (C=O) groups excluding carboxylic acids is 2. The van der Waals surface area contributed by atoms with Crippen LogP contribution in [0.5, 0.6) is 0 Å². The first-order valence-electron chi connectivity index (χ1n) is 3.79. The summed E-state index contributed by atoms with van der Waals surface area (Å²) < 4.78 is 0.959. The number of carbonyl (C=O) groups is 2. The second-order valence-electron chi connectivity index (χ2n) is 2.80. The summed E-state index contributed by atoms with van der Waals surface area (Å²) in [7, 11) is 0. The minimum absolute atomic E-state index is 0.117. The van der Waals surface area contributed by atoms with Crippen LogP contribution in [-0.2, 0) is 4.79 Å². The van der Waals surface area contributed by atoms with Crippen LogP contribution in [-0.4, -0.2) is 18.1 Å². The van der Waals surface area contributed by atoms with Crippen LogP contribution in [0.3, 0.4) is 0 Å². The molecule has 0 fully saturated rings. The van der Waals surface area contributed by atoms with Crippen LogP contribution in [0.25, 0.3) is 0 Å². The SMILES string of the molecule is O=C1CNc2ccc(I)cc2C1=O. The summed E-state index contributed by atoms with van der Waals surface area (Å²) in [5, 5.41) is 2.90. The van der Waals surface area contributed by atoms with E-state index in [1.54, 1.807) is 6.07 Å². The molecule has 2 rings (SSSR count). The van der Waals surface area contributed by atoms with Crippen molar-refractivity contribution in [3.63, 3.8) is 0 Å². The topological polar surface area (TPSA) is 46.2 Å². The summed E-state index contributed by atoms with van der Waals surface area (Å²) in [6, 6.07) is 5.44. The molecule has 1 aromatic carbocycles. The van der Waals surface area contributed by atoms with Crippen molar-refractivity contribution in [3.8, 4) is 0 Å². The summed E-state index contributed by atoms with van der Waals surface area (Å²) >= 11 is 2.11. The molecule has 0 aliphatic carbocycles. The first kappa shape index (κ1) is 8.68. The van der Waals surface area contributed by atoms with E-state index in [1.807, 2.05) is 12.1 Å². The van der Waals surface area contributed by atoms with Crippen molar-refractivity contribution < 1.29 is 9.59 Å². The van der Waals surface area contributed by atoms with E-state index in [9.17, 15) is 9.59 Å². The molecule has 1 aliphatic rings. The number of ketones is 2. The molecule has 3 nitrogen and oxygen atoms in total. The van der Waals surface area contributed by atoms with Crippen LogP contribution in [0, 0.1) is 3.57 Å². The molecule has 0 spiro atoms. The largest absolute Gasteiger partial charge is 0.377 e. The Morgan fingerprint density at radius 2 is 2.08 bits per heavy atom. The van der Waals surface area contributed by atoms with Gasteiger partial charge in [-0.25, -0.2) is 0 Å². The highest BCUT2D eigenvalue weighted by Gasteiger charge is 2.24. The van der Waals surface area contributed by atoms with Crippen LogP contribution in [0.4, 0.5) is 5.69 Å². The highest BCUT2D eigenvalue weighted by atomic mass is 127. The number of halogens is 1. The number of Topliss-reactive ketones (excluding diaryl/α,β-unsaturated/α-hetero) is 2. The lowest BCUT2D eigenvalue weighted by Gasteiger charge is -2.15. The highest BCUT2D eigenvalue weighted by molar-refractivity contribution is 14.1. The fraction of sp³-hybridized carbons (Fsp3) is 0.111. The minimum atomic E-state index is -0.382. The Morgan fingerprint density at radius 3 is 2.85 bits per heavy atom. The summed E-state index contributed by atoms with van der Waals surface area (Å²) in [5.41, 5.74) is 1.24. The Labute approximate surface area is 88.7 Å². The number of hydrogen-bond acceptors (Lipinski definition) is 3. The molecule has 4 heteroatoms. The third kappa shape index (κ3) is 1.46. The summed E-state index contributed by atoms with van der Waals surface area (Å²) in [6.45, 7) is 0.117. The monoisotopic (exact) mass is 287 g/mol. The smallest absolute Gasteiger partial charge is 0.232 e. The van der Waals surface area contributed by atoms with E-state index in [0.29, 0.717) is 5.56 Å². The average Bonchev–Trinajstić information content (AvgIpc) is 2.12. The van der Waals surface area contributed by atoms with Gasteiger partial charge in [-0.15, -0.1) is 0 Å². The molecular weight excluding hydrogens is 281 g/mol. The Morgan fingerprint density at radius 1 is 1.31 bits per heavy atom. The fourth-order valence-corrected chi connectivity index (χ4v) is 1.76. The summed E-state index contributed by atoms with van der Waals surface area (Å²) in [6.07, 6.45) is 0. The van der Waals surface area contributed by atoms with Crippen LogP contribution >= 0.6 is 22.6 Å². The zero-order chi connectivity index (χ0) is 9.42. The number of rotatable bonds is 0. The predicted molar refractivity (Wildman–Crippen MR) is 57.0 cm³/mol. The van der Waals surface area contributed by atoms with E-state index in [1.165, 1.54) is 0 Å². The van der Waals surface area contributed by atoms with Crippen LogP contribution in [0.15, 0.2) is 18.2 Å². The minimum Gasteiger partial charge on any atom is -0.377 e. The van der Waals surface area contributed by atoms with E-state index in [4.69, 9.17) is 0 Å². The van der Waals surface area contributed by atoms with Gasteiger partial charge in [0.1, 0.15) is 0 Å². The second-order valence-corrected chi connectivity index (χ2v) is 4.04. The molecule has 0 aromatic heterocycles. The Balaban J connectivity index is 2.58. The van der Waals surface area contributed by atoms with Crippen LogP contribution in [0.1, 0.15) is 10.4 Å². The first-order chi connectivity index (χ1) is 6.18.